The molecule has 39 heavy (non-hydrogen) atoms. The molecule has 0 spiro atoms. The number of benzene rings is 2. The molecule has 6 rings (SSSR count). The lowest BCUT2D eigenvalue weighted by molar-refractivity contribution is 0.228. The highest BCUT2D eigenvalue weighted by Crippen LogP contribution is 2.67. The van der Waals surface area contributed by atoms with Gasteiger partial charge in [0.05, 0.1) is 21.9 Å². The Morgan fingerprint density at radius 3 is 2.28 bits per heavy atom. The second-order valence-electron chi connectivity index (χ2n) is 12.3. The van der Waals surface area contributed by atoms with Gasteiger partial charge in [0, 0.05) is 22.9 Å². The van der Waals surface area contributed by atoms with Gasteiger partial charge in [0.1, 0.15) is 0 Å². The lowest BCUT2D eigenvalue weighted by atomic mass is 9.70. The van der Waals surface area contributed by atoms with E-state index in [1.54, 1.807) is 24.3 Å². The van der Waals surface area contributed by atoms with Gasteiger partial charge in [0.25, 0.3) is 0 Å². The quantitative estimate of drug-likeness (QED) is 0.422. The van der Waals surface area contributed by atoms with Crippen molar-refractivity contribution < 1.29 is 16.8 Å². The molecule has 0 aliphatic heterocycles. The average Bonchev–Trinajstić information content (AvgIpc) is 3.22. The molecule has 4 atom stereocenters. The Morgan fingerprint density at radius 2 is 1.56 bits per heavy atom. The first-order valence-electron chi connectivity index (χ1n) is 13.9. The van der Waals surface area contributed by atoms with Crippen molar-refractivity contribution >= 4 is 30.9 Å². The van der Waals surface area contributed by atoms with Gasteiger partial charge in [-0.25, -0.2) is 26.3 Å². The van der Waals surface area contributed by atoms with Crippen LogP contribution in [0.1, 0.15) is 75.1 Å². The maximum Gasteiger partial charge on any atom is 0.240 e. The first-order chi connectivity index (χ1) is 18.4. The van der Waals surface area contributed by atoms with Crippen molar-refractivity contribution in [1.29, 1.82) is 0 Å². The van der Waals surface area contributed by atoms with Gasteiger partial charge in [-0.3, -0.25) is 4.98 Å². The zero-order valence-corrected chi connectivity index (χ0v) is 24.4. The number of aromatic nitrogens is 1. The minimum atomic E-state index is -3.77. The van der Waals surface area contributed by atoms with Gasteiger partial charge in [-0.15, -0.1) is 0 Å². The van der Waals surface area contributed by atoms with Gasteiger partial charge < -0.3 is 0 Å². The van der Waals surface area contributed by atoms with Crippen LogP contribution in [0.5, 0.6) is 0 Å². The molecule has 3 aliphatic rings. The van der Waals surface area contributed by atoms with Crippen LogP contribution < -0.4 is 9.44 Å². The van der Waals surface area contributed by atoms with E-state index in [1.807, 2.05) is 25.1 Å². The SMILES string of the molecule is Cc1ccc(S(=O)(=O)N[C@@H]2CCCC[C@H]2NS(=O)(=O)C[C@]23CC[C@H](c4cc5ccccc5nc42)C3(C)C)cc1. The molecule has 0 saturated heterocycles. The first kappa shape index (κ1) is 26.9. The summed E-state index contributed by atoms with van der Waals surface area (Å²) in [6.45, 7) is 6.28. The van der Waals surface area contributed by atoms with Crippen molar-refractivity contribution in [3.63, 3.8) is 0 Å². The Balaban J connectivity index is 1.28. The Hall–Kier alpha value is -2.33. The molecule has 1 heterocycles. The highest BCUT2D eigenvalue weighted by atomic mass is 32.2. The van der Waals surface area contributed by atoms with Crippen LogP contribution in [0.2, 0.25) is 0 Å². The van der Waals surface area contributed by atoms with Crippen LogP contribution >= 0.6 is 0 Å². The number of fused-ring (bicyclic) bond motifs is 6. The van der Waals surface area contributed by atoms with E-state index in [0.717, 1.165) is 47.8 Å². The van der Waals surface area contributed by atoms with E-state index in [1.165, 1.54) is 5.56 Å². The number of nitrogens with zero attached hydrogens (tertiary/aromatic N) is 1. The van der Waals surface area contributed by atoms with Crippen molar-refractivity contribution in [3.05, 3.63) is 71.4 Å². The Kier molecular flexibility index (Phi) is 6.45. The van der Waals surface area contributed by atoms with Gasteiger partial charge in [0.15, 0.2) is 0 Å². The predicted octanol–water partition coefficient (Wildman–Crippen LogP) is 4.91. The van der Waals surface area contributed by atoms with E-state index < -0.39 is 37.5 Å². The fourth-order valence-electron chi connectivity index (χ4n) is 7.48. The molecule has 2 N–H and O–H groups in total. The van der Waals surface area contributed by atoms with Gasteiger partial charge >= 0.3 is 0 Å². The minimum absolute atomic E-state index is 0.0459. The summed E-state index contributed by atoms with van der Waals surface area (Å²) in [5.74, 6) is 0.221. The fraction of sp³-hybridized carbons (Fsp3) is 0.500. The summed E-state index contributed by atoms with van der Waals surface area (Å²) < 4.78 is 59.8. The van der Waals surface area contributed by atoms with Crippen molar-refractivity contribution in [1.82, 2.24) is 14.4 Å². The van der Waals surface area contributed by atoms with E-state index in [0.29, 0.717) is 12.8 Å². The number of nitrogens with one attached hydrogen (secondary N) is 2. The smallest absolute Gasteiger partial charge is 0.240 e. The van der Waals surface area contributed by atoms with Crippen LogP contribution in [0, 0.1) is 12.3 Å². The first-order valence-corrected chi connectivity index (χ1v) is 17.0. The Bertz CT molecular complexity index is 1630. The van der Waals surface area contributed by atoms with Gasteiger partial charge in [0.2, 0.25) is 20.0 Å². The summed E-state index contributed by atoms with van der Waals surface area (Å²) in [6, 6.07) is 15.9. The number of hydrogen-bond donors (Lipinski definition) is 2. The zero-order chi connectivity index (χ0) is 27.6. The highest BCUT2D eigenvalue weighted by molar-refractivity contribution is 7.90. The molecule has 2 fully saturated rings. The molecule has 3 aliphatic carbocycles. The molecule has 1 aromatic heterocycles. The molecule has 2 aromatic carbocycles. The molecule has 208 valence electrons. The Labute approximate surface area is 231 Å². The molecule has 0 amide bonds. The second kappa shape index (κ2) is 9.36. The third-order valence-electron chi connectivity index (χ3n) is 9.72. The lowest BCUT2D eigenvalue weighted by Gasteiger charge is -2.39. The van der Waals surface area contributed by atoms with E-state index in [4.69, 9.17) is 4.98 Å². The molecule has 2 bridgehead atoms. The number of pyridine rings is 1. The summed E-state index contributed by atoms with van der Waals surface area (Å²) in [6.07, 6.45) is 4.61. The summed E-state index contributed by atoms with van der Waals surface area (Å²) in [5.41, 5.74) is 3.13. The van der Waals surface area contributed by atoms with Crippen molar-refractivity contribution in [3.8, 4) is 0 Å². The average molecular weight is 568 g/mol. The van der Waals surface area contributed by atoms with E-state index in [2.05, 4.69) is 35.4 Å². The molecule has 2 saturated carbocycles. The summed E-state index contributed by atoms with van der Waals surface area (Å²) in [5, 5.41) is 1.08. The summed E-state index contributed by atoms with van der Waals surface area (Å²) >= 11 is 0. The van der Waals surface area contributed by atoms with Crippen molar-refractivity contribution in [2.24, 2.45) is 5.41 Å². The number of hydrogen-bond acceptors (Lipinski definition) is 5. The normalized spacial score (nSPS) is 28.0. The van der Waals surface area contributed by atoms with Crippen molar-refractivity contribution in [2.75, 3.05) is 5.75 Å². The standard InChI is InChI=1S/C30H37N3O4S2/c1-20-12-14-22(15-13-20)39(36,37)33-27-11-7-6-10-26(27)32-38(34,35)19-30-17-16-24(29(30,2)3)23-18-21-8-4-5-9-25(21)31-28(23)30/h4-5,8-9,12-15,18,24,26-27,32-33H,6-7,10-11,16-17,19H2,1-3H3/t24-,26-,27-,30-/m1/s1. The highest BCUT2D eigenvalue weighted by Gasteiger charge is 2.64. The molecule has 0 unspecified atom stereocenters. The Morgan fingerprint density at radius 1 is 0.897 bits per heavy atom. The number of para-hydroxylation sites is 1. The van der Waals surface area contributed by atoms with Crippen molar-refractivity contribution in [2.45, 2.75) is 87.6 Å². The predicted molar refractivity (Wildman–Crippen MR) is 154 cm³/mol. The third kappa shape index (κ3) is 4.51. The van der Waals surface area contributed by atoms with Crippen LogP contribution in [0.15, 0.2) is 59.5 Å². The summed E-state index contributed by atoms with van der Waals surface area (Å²) in [7, 11) is -7.53. The number of rotatable bonds is 7. The van der Waals surface area contributed by atoms with Gasteiger partial charge in [-0.1, -0.05) is 62.6 Å². The topological polar surface area (TPSA) is 105 Å². The largest absolute Gasteiger partial charge is 0.252 e. The van der Waals surface area contributed by atoms with Crippen LogP contribution in [0.3, 0.4) is 0 Å². The molecular weight excluding hydrogens is 530 g/mol. The third-order valence-corrected chi connectivity index (χ3v) is 12.8. The minimum Gasteiger partial charge on any atom is -0.252 e. The summed E-state index contributed by atoms with van der Waals surface area (Å²) in [4.78, 5) is 5.25. The second-order valence-corrected chi connectivity index (χ2v) is 15.8. The maximum absolute atomic E-state index is 13.9. The zero-order valence-electron chi connectivity index (χ0n) is 22.8. The lowest BCUT2D eigenvalue weighted by Crippen LogP contribution is -2.55. The van der Waals surface area contributed by atoms with Gasteiger partial charge in [-0.2, -0.15) is 0 Å². The monoisotopic (exact) mass is 567 g/mol. The van der Waals surface area contributed by atoms with Gasteiger partial charge in [-0.05, 0) is 73.8 Å². The molecule has 3 aromatic rings. The molecule has 9 heteroatoms. The number of aryl methyl sites for hydroxylation is 1. The van der Waals surface area contributed by atoms with E-state index in [-0.39, 0.29) is 22.0 Å². The van der Waals surface area contributed by atoms with Crippen LogP contribution in [-0.4, -0.2) is 39.7 Å². The molecular formula is C30H37N3O4S2. The van der Waals surface area contributed by atoms with Crippen LogP contribution in [0.25, 0.3) is 10.9 Å². The maximum atomic E-state index is 13.9. The van der Waals surface area contributed by atoms with E-state index in [9.17, 15) is 16.8 Å². The fourth-order valence-corrected chi connectivity index (χ4v) is 10.9. The molecule has 7 nitrogen and oxygen atoms in total. The van der Waals surface area contributed by atoms with Crippen LogP contribution in [0.4, 0.5) is 0 Å². The van der Waals surface area contributed by atoms with Crippen LogP contribution in [-0.2, 0) is 25.5 Å². The van der Waals surface area contributed by atoms with E-state index >= 15 is 0 Å². The molecule has 0 radical (unpaired) electrons. The number of sulfonamides is 2.